The normalized spacial score (nSPS) is 25.8. The van der Waals surface area contributed by atoms with E-state index in [0.29, 0.717) is 16.2 Å². The Labute approximate surface area is 100 Å². The fourth-order valence-electron chi connectivity index (χ4n) is 1.99. The summed E-state index contributed by atoms with van der Waals surface area (Å²) in [6.07, 6.45) is 3.38. The number of rotatable bonds is 2. The van der Waals surface area contributed by atoms with E-state index in [1.54, 1.807) is 12.4 Å². The van der Waals surface area contributed by atoms with Gasteiger partial charge >= 0.3 is 0 Å². The molecule has 1 saturated heterocycles. The quantitative estimate of drug-likeness (QED) is 0.843. The fraction of sp³-hybridized carbons (Fsp3) is 0.636. The average molecular weight is 239 g/mol. The fourth-order valence-corrected chi connectivity index (χ4v) is 3.31. The van der Waals surface area contributed by atoms with Crippen LogP contribution < -0.4 is 4.90 Å². The first-order chi connectivity index (χ1) is 7.69. The highest BCUT2D eigenvalue weighted by Crippen LogP contribution is 2.27. The topological polar surface area (TPSA) is 49.2 Å². The van der Waals surface area contributed by atoms with Gasteiger partial charge in [-0.1, -0.05) is 13.8 Å². The minimum Gasteiger partial charge on any atom is -0.390 e. The third-order valence-electron chi connectivity index (χ3n) is 2.58. The Kier molecular flexibility index (Phi) is 3.66. The van der Waals surface area contributed by atoms with Crippen LogP contribution in [0.5, 0.6) is 0 Å². The van der Waals surface area contributed by atoms with Crippen LogP contribution in [-0.2, 0) is 6.61 Å². The molecule has 5 heteroatoms. The first-order valence-electron chi connectivity index (χ1n) is 5.51. The highest BCUT2D eigenvalue weighted by atomic mass is 32.2. The Hall–Kier alpha value is -0.810. The number of aromatic nitrogens is 2. The van der Waals surface area contributed by atoms with Gasteiger partial charge in [0.15, 0.2) is 0 Å². The van der Waals surface area contributed by atoms with Crippen LogP contribution in [0.3, 0.4) is 0 Å². The third-order valence-corrected chi connectivity index (χ3v) is 3.80. The maximum Gasteiger partial charge on any atom is 0.147 e. The molecular formula is C11H17N3OS. The maximum absolute atomic E-state index is 9.04. The van der Waals surface area contributed by atoms with Crippen LogP contribution in [0.15, 0.2) is 12.4 Å². The monoisotopic (exact) mass is 239 g/mol. The van der Waals surface area contributed by atoms with Crippen molar-refractivity contribution in [3.63, 3.8) is 0 Å². The van der Waals surface area contributed by atoms with Gasteiger partial charge in [-0.25, -0.2) is 4.98 Å². The van der Waals surface area contributed by atoms with Gasteiger partial charge in [-0.05, 0) is 0 Å². The molecule has 1 fully saturated rings. The second-order valence-corrected chi connectivity index (χ2v) is 6.07. The predicted molar refractivity (Wildman–Crippen MR) is 66.7 cm³/mol. The SMILES string of the molecule is CC1CN(c2cncc(CO)n2)CC(C)S1. The van der Waals surface area contributed by atoms with Crippen molar-refractivity contribution in [3.8, 4) is 0 Å². The van der Waals surface area contributed by atoms with Gasteiger partial charge in [-0.3, -0.25) is 4.98 Å². The van der Waals surface area contributed by atoms with Crippen molar-refractivity contribution in [2.45, 2.75) is 31.0 Å². The van der Waals surface area contributed by atoms with E-state index in [0.717, 1.165) is 18.9 Å². The Morgan fingerprint density at radius 3 is 2.69 bits per heavy atom. The Morgan fingerprint density at radius 2 is 2.06 bits per heavy atom. The van der Waals surface area contributed by atoms with Crippen molar-refractivity contribution in [1.29, 1.82) is 0 Å². The summed E-state index contributed by atoms with van der Waals surface area (Å²) < 4.78 is 0. The molecular weight excluding hydrogens is 222 g/mol. The van der Waals surface area contributed by atoms with E-state index in [-0.39, 0.29) is 6.61 Å². The number of aliphatic hydroxyl groups is 1. The number of hydrogen-bond acceptors (Lipinski definition) is 5. The van der Waals surface area contributed by atoms with Crippen LogP contribution in [0.25, 0.3) is 0 Å². The van der Waals surface area contributed by atoms with E-state index in [9.17, 15) is 0 Å². The average Bonchev–Trinajstić information content (AvgIpc) is 2.28. The molecule has 4 nitrogen and oxygen atoms in total. The molecule has 88 valence electrons. The lowest BCUT2D eigenvalue weighted by Gasteiger charge is -2.35. The molecule has 1 N–H and O–H groups in total. The van der Waals surface area contributed by atoms with Crippen molar-refractivity contribution in [1.82, 2.24) is 9.97 Å². The molecule has 0 radical (unpaired) electrons. The summed E-state index contributed by atoms with van der Waals surface area (Å²) in [4.78, 5) is 10.7. The van der Waals surface area contributed by atoms with Gasteiger partial charge in [0.05, 0.1) is 24.7 Å². The van der Waals surface area contributed by atoms with E-state index in [1.165, 1.54) is 0 Å². The van der Waals surface area contributed by atoms with Crippen molar-refractivity contribution < 1.29 is 5.11 Å². The summed E-state index contributed by atoms with van der Waals surface area (Å²) in [7, 11) is 0. The highest BCUT2D eigenvalue weighted by molar-refractivity contribution is 8.00. The number of thioether (sulfide) groups is 1. The molecule has 1 aromatic heterocycles. The van der Waals surface area contributed by atoms with Gasteiger partial charge in [-0.2, -0.15) is 11.8 Å². The zero-order chi connectivity index (χ0) is 11.5. The lowest BCUT2D eigenvalue weighted by molar-refractivity contribution is 0.276. The molecule has 0 aromatic carbocycles. The molecule has 16 heavy (non-hydrogen) atoms. The maximum atomic E-state index is 9.04. The van der Waals surface area contributed by atoms with E-state index in [1.807, 2.05) is 11.8 Å². The standard InChI is InChI=1S/C11H17N3OS/c1-8-5-14(6-9(2)16-8)11-4-12-3-10(7-15)13-11/h3-4,8-9,15H,5-7H2,1-2H3. The van der Waals surface area contributed by atoms with E-state index >= 15 is 0 Å². The lowest BCUT2D eigenvalue weighted by Crippen LogP contribution is -2.41. The molecule has 0 aliphatic carbocycles. The molecule has 0 saturated carbocycles. The minimum atomic E-state index is -0.0471. The highest BCUT2D eigenvalue weighted by Gasteiger charge is 2.23. The predicted octanol–water partition coefficient (Wildman–Crippen LogP) is 1.30. The van der Waals surface area contributed by atoms with Crippen LogP contribution in [0.1, 0.15) is 19.5 Å². The van der Waals surface area contributed by atoms with Crippen LogP contribution in [0.4, 0.5) is 5.82 Å². The largest absolute Gasteiger partial charge is 0.390 e. The van der Waals surface area contributed by atoms with Gasteiger partial charge in [0.1, 0.15) is 5.82 Å². The van der Waals surface area contributed by atoms with E-state index < -0.39 is 0 Å². The second-order valence-electron chi connectivity index (χ2n) is 4.19. The van der Waals surface area contributed by atoms with Gasteiger partial charge in [-0.15, -0.1) is 0 Å². The zero-order valence-corrected chi connectivity index (χ0v) is 10.4. The van der Waals surface area contributed by atoms with Crippen molar-refractivity contribution in [3.05, 3.63) is 18.1 Å². The van der Waals surface area contributed by atoms with Crippen LogP contribution in [0.2, 0.25) is 0 Å². The van der Waals surface area contributed by atoms with Crippen LogP contribution in [-0.4, -0.2) is 38.7 Å². The van der Waals surface area contributed by atoms with E-state index in [2.05, 4.69) is 28.7 Å². The molecule has 0 spiro atoms. The number of nitrogens with zero attached hydrogens (tertiary/aromatic N) is 3. The van der Waals surface area contributed by atoms with Crippen LogP contribution in [0, 0.1) is 0 Å². The van der Waals surface area contributed by atoms with Gasteiger partial charge in [0.2, 0.25) is 0 Å². The van der Waals surface area contributed by atoms with E-state index in [4.69, 9.17) is 5.11 Å². The molecule has 1 aliphatic rings. The molecule has 2 heterocycles. The molecule has 2 rings (SSSR count). The summed E-state index contributed by atoms with van der Waals surface area (Å²) in [5, 5.41) is 10.3. The lowest BCUT2D eigenvalue weighted by atomic mass is 10.3. The van der Waals surface area contributed by atoms with Gasteiger partial charge in [0.25, 0.3) is 0 Å². The van der Waals surface area contributed by atoms with Gasteiger partial charge in [0, 0.05) is 23.6 Å². The molecule has 2 atom stereocenters. The molecule has 0 bridgehead atoms. The van der Waals surface area contributed by atoms with Crippen molar-refractivity contribution in [2.24, 2.45) is 0 Å². The summed E-state index contributed by atoms with van der Waals surface area (Å²) in [5.74, 6) is 0.880. The molecule has 1 aromatic rings. The molecule has 1 aliphatic heterocycles. The Bertz CT molecular complexity index is 351. The van der Waals surface area contributed by atoms with Gasteiger partial charge < -0.3 is 10.0 Å². The molecule has 0 amide bonds. The van der Waals surface area contributed by atoms with Crippen LogP contribution >= 0.6 is 11.8 Å². The zero-order valence-electron chi connectivity index (χ0n) is 9.63. The summed E-state index contributed by atoms with van der Waals surface area (Å²) in [6, 6.07) is 0. The molecule has 2 unspecified atom stereocenters. The summed E-state index contributed by atoms with van der Waals surface area (Å²) >= 11 is 2.01. The van der Waals surface area contributed by atoms with Crippen molar-refractivity contribution in [2.75, 3.05) is 18.0 Å². The summed E-state index contributed by atoms with van der Waals surface area (Å²) in [6.45, 7) is 6.42. The van der Waals surface area contributed by atoms with Crippen molar-refractivity contribution >= 4 is 17.6 Å². The first kappa shape index (κ1) is 11.7. The number of anilines is 1. The Morgan fingerprint density at radius 1 is 1.38 bits per heavy atom. The first-order valence-corrected chi connectivity index (χ1v) is 6.45. The Balaban J connectivity index is 2.16. The second kappa shape index (κ2) is 5.01. The number of hydrogen-bond donors (Lipinski definition) is 1. The smallest absolute Gasteiger partial charge is 0.147 e. The summed E-state index contributed by atoms with van der Waals surface area (Å²) in [5.41, 5.74) is 0.635. The third kappa shape index (κ3) is 2.65. The minimum absolute atomic E-state index is 0.0471. The number of aliphatic hydroxyl groups excluding tert-OH is 1.